The maximum atomic E-state index is 16.0. The van der Waals surface area contributed by atoms with Gasteiger partial charge < -0.3 is 16.2 Å². The fraction of sp³-hybridized carbons (Fsp3) is 0.526. The summed E-state index contributed by atoms with van der Waals surface area (Å²) in [5.41, 5.74) is 10.8. The molecule has 0 amide bonds. The zero-order valence-electron chi connectivity index (χ0n) is 22.1. The molecule has 3 unspecified atom stereocenters. The number of H-pyrrole nitrogens is 1. The van der Waals surface area contributed by atoms with Gasteiger partial charge in [0.25, 0.3) is 5.56 Å². The first kappa shape index (κ1) is 31.2. The minimum atomic E-state index is -4.45. The molecule has 3 saturated heterocycles. The number of nitrogens with two attached hydrogens (primary N) is 2. The lowest BCUT2D eigenvalue weighted by molar-refractivity contribution is -0.0475. The average molecular weight is 728 g/mol. The molecule has 7 heterocycles. The summed E-state index contributed by atoms with van der Waals surface area (Å²) in [5, 5.41) is 5.52. The Balaban J connectivity index is 1.21. The van der Waals surface area contributed by atoms with Crippen LogP contribution in [0.3, 0.4) is 0 Å². The molecule has 5 N–H and O–H groups in total. The van der Waals surface area contributed by atoms with Gasteiger partial charge in [-0.3, -0.25) is 32.4 Å². The Labute approximate surface area is 263 Å². The van der Waals surface area contributed by atoms with Crippen molar-refractivity contribution in [3.8, 4) is 0 Å². The van der Waals surface area contributed by atoms with E-state index in [9.17, 15) is 13.9 Å². The van der Waals surface area contributed by atoms with Crippen molar-refractivity contribution in [2.75, 3.05) is 24.7 Å². The lowest BCUT2D eigenvalue weighted by Gasteiger charge is -2.26. The molecular weight excluding hydrogens is 706 g/mol. The van der Waals surface area contributed by atoms with Gasteiger partial charge in [0.1, 0.15) is 36.2 Å². The van der Waals surface area contributed by atoms with Crippen LogP contribution in [-0.2, 0) is 32.0 Å². The molecule has 10 atom stereocenters. The summed E-state index contributed by atoms with van der Waals surface area (Å²) in [6.45, 7) is -10.1. The van der Waals surface area contributed by atoms with Crippen molar-refractivity contribution in [3.63, 3.8) is 0 Å². The largest absolute Gasteiger partial charge is 0.386 e. The number of halogens is 2. The molecule has 4 aromatic rings. The normalized spacial score (nSPS) is 37.7. The fourth-order valence-electron chi connectivity index (χ4n) is 5.10. The van der Waals surface area contributed by atoms with Gasteiger partial charge in [-0.15, -0.1) is 16.9 Å². The first-order chi connectivity index (χ1) is 21.3. The Morgan fingerprint density at radius 1 is 1.00 bits per heavy atom. The van der Waals surface area contributed by atoms with E-state index in [0.29, 0.717) is 0 Å². The number of nitrogen functional groups attached to an aromatic ring is 2. The van der Waals surface area contributed by atoms with Gasteiger partial charge in [0.05, 0.1) is 24.8 Å². The Hall–Kier alpha value is -2.40. The highest BCUT2D eigenvalue weighted by Gasteiger charge is 2.54. The number of thiol groups is 2. The molecular formula is C19H21F2N11O8P2S3. The van der Waals surface area contributed by atoms with Crippen LogP contribution in [0.1, 0.15) is 11.6 Å². The van der Waals surface area contributed by atoms with E-state index in [-0.39, 0.29) is 34.1 Å². The van der Waals surface area contributed by atoms with Crippen molar-refractivity contribution in [3.05, 3.63) is 23.0 Å². The molecule has 3 aliphatic rings. The molecule has 0 aliphatic carbocycles. The summed E-state index contributed by atoms with van der Waals surface area (Å²) in [5.74, 6) is -0.245. The molecule has 7 rings (SSSR count). The van der Waals surface area contributed by atoms with E-state index < -0.39 is 79.9 Å². The van der Waals surface area contributed by atoms with E-state index in [1.807, 2.05) is 0 Å². The van der Waals surface area contributed by atoms with Crippen LogP contribution in [0.2, 0.25) is 0 Å². The van der Waals surface area contributed by atoms with Crippen molar-refractivity contribution in [1.29, 1.82) is 0 Å². The summed E-state index contributed by atoms with van der Waals surface area (Å²) in [6, 6.07) is 0. The number of fused-ring (bicyclic) bond motifs is 5. The topological polar surface area (TPSA) is 252 Å². The van der Waals surface area contributed by atoms with Crippen LogP contribution in [0.15, 0.2) is 17.4 Å². The van der Waals surface area contributed by atoms with Gasteiger partial charge in [0, 0.05) is 0 Å². The van der Waals surface area contributed by atoms with Crippen LogP contribution in [0.25, 0.3) is 22.3 Å². The zero-order chi connectivity index (χ0) is 31.8. The smallest absolute Gasteiger partial charge is 0.382 e. The van der Waals surface area contributed by atoms with Crippen molar-refractivity contribution in [2.45, 2.75) is 47.5 Å². The molecule has 0 aromatic carbocycles. The molecule has 26 heteroatoms. The maximum absolute atomic E-state index is 16.0. The van der Waals surface area contributed by atoms with E-state index in [0.717, 1.165) is 22.8 Å². The van der Waals surface area contributed by atoms with Gasteiger partial charge in [-0.1, -0.05) is 29.7 Å². The molecule has 0 saturated carbocycles. The summed E-state index contributed by atoms with van der Waals surface area (Å²) < 4.78 is 88.7. The molecule has 19 nitrogen and oxygen atoms in total. The van der Waals surface area contributed by atoms with Crippen LogP contribution in [-0.4, -0.2) is 93.6 Å². The Kier molecular flexibility index (Phi) is 7.90. The SMILES string of the molecule is Nc1nc2c(ncn2[C@@H]2S[C@@H]3COP(=O)(S)O[C@H]4[C@H](F)C(n5nnc6c(N)ncnc65)O[C@@H]4COP(=O)(S)O[C@@H]2[C@H]3F)c(=O)[nH]1. The van der Waals surface area contributed by atoms with E-state index >= 15 is 8.78 Å². The number of nitrogens with one attached hydrogen (secondary N) is 1. The number of imidazole rings is 1. The van der Waals surface area contributed by atoms with Gasteiger partial charge in [0.15, 0.2) is 40.5 Å². The first-order valence-electron chi connectivity index (χ1n) is 12.8. The molecule has 2 bridgehead atoms. The molecule has 4 aromatic heterocycles. The lowest BCUT2D eigenvalue weighted by Crippen LogP contribution is -2.33. The number of anilines is 2. The number of hydrogen-bond acceptors (Lipinski definition) is 17. The highest BCUT2D eigenvalue weighted by atomic mass is 32.7. The molecule has 242 valence electrons. The van der Waals surface area contributed by atoms with Crippen LogP contribution >= 0.6 is 49.9 Å². The van der Waals surface area contributed by atoms with Crippen LogP contribution < -0.4 is 17.0 Å². The quantitative estimate of drug-likeness (QED) is 0.145. The third-order valence-corrected chi connectivity index (χ3v) is 11.8. The highest BCUT2D eigenvalue weighted by molar-refractivity contribution is 8.44. The van der Waals surface area contributed by atoms with Gasteiger partial charge in [-0.2, -0.15) is 9.67 Å². The fourth-order valence-corrected chi connectivity index (χ4v) is 9.70. The number of ether oxygens (including phenoxy) is 1. The van der Waals surface area contributed by atoms with Crippen LogP contribution in [0.5, 0.6) is 0 Å². The molecule has 3 fully saturated rings. The Morgan fingerprint density at radius 3 is 2.51 bits per heavy atom. The van der Waals surface area contributed by atoms with Gasteiger partial charge in [0.2, 0.25) is 5.95 Å². The number of rotatable bonds is 2. The second kappa shape index (κ2) is 11.4. The third kappa shape index (κ3) is 5.63. The predicted octanol–water partition coefficient (Wildman–Crippen LogP) is 1.60. The first-order valence-corrected chi connectivity index (χ1v) is 19.1. The lowest BCUT2D eigenvalue weighted by atomic mass is 10.1. The number of alkyl halides is 2. The Bertz CT molecular complexity index is 1950. The van der Waals surface area contributed by atoms with E-state index in [2.05, 4.69) is 59.7 Å². The second-order valence-electron chi connectivity index (χ2n) is 9.93. The number of nitrogens with zero attached hydrogens (tertiary/aromatic N) is 8. The molecule has 45 heavy (non-hydrogen) atoms. The monoisotopic (exact) mass is 727 g/mol. The van der Waals surface area contributed by atoms with Gasteiger partial charge >= 0.3 is 13.6 Å². The molecule has 0 spiro atoms. The van der Waals surface area contributed by atoms with Crippen molar-refractivity contribution in [1.82, 2.24) is 44.5 Å². The molecule has 3 aliphatic heterocycles. The molecule has 0 radical (unpaired) electrons. The van der Waals surface area contributed by atoms with Gasteiger partial charge in [-0.25, -0.2) is 32.9 Å². The second-order valence-corrected chi connectivity index (χ2v) is 17.0. The van der Waals surface area contributed by atoms with Crippen molar-refractivity contribution < 1.29 is 40.7 Å². The minimum absolute atomic E-state index is 0.00904. The third-order valence-electron chi connectivity index (χ3n) is 7.10. The summed E-state index contributed by atoms with van der Waals surface area (Å²) in [6.07, 6.45) is -7.93. The van der Waals surface area contributed by atoms with Crippen molar-refractivity contribution >= 4 is 83.9 Å². The number of thioether (sulfide) groups is 1. The number of aromatic nitrogens is 9. The highest BCUT2D eigenvalue weighted by Crippen LogP contribution is 2.62. The summed E-state index contributed by atoms with van der Waals surface area (Å²) >= 11 is 8.91. The summed E-state index contributed by atoms with van der Waals surface area (Å²) in [7, 11) is 0. The predicted molar refractivity (Wildman–Crippen MR) is 159 cm³/mol. The van der Waals surface area contributed by atoms with Crippen LogP contribution in [0.4, 0.5) is 20.5 Å². The van der Waals surface area contributed by atoms with E-state index in [1.54, 1.807) is 0 Å². The Morgan fingerprint density at radius 2 is 1.73 bits per heavy atom. The van der Waals surface area contributed by atoms with E-state index in [4.69, 9.17) is 34.3 Å². The van der Waals surface area contributed by atoms with Crippen molar-refractivity contribution in [2.24, 2.45) is 0 Å². The standard InChI is InChI=1S/C19H21F2N11O8P2S3/c20-7-6-2-37-42(35,44)39-11-5(38-17(8(11)21)32-14-9(29-30-32)13(22)24-3-25-14)1-36-41(34,43)40-12(7)18(45-6)31-4-26-10-15(31)27-19(23)28-16(10)33/h3-8,11-12,17-18H,1-2H2,(H,34,43)(H,35,44)(H2,22,24,25)(H3,23,27,28,33)/t5-,6-,7+,8+,11-,12-,17?,18-,41?,42?/m1/s1. The van der Waals surface area contributed by atoms with Crippen LogP contribution in [0, 0.1) is 0 Å². The number of aromatic amines is 1. The summed E-state index contributed by atoms with van der Waals surface area (Å²) in [4.78, 5) is 30.6. The average Bonchev–Trinajstić information content (AvgIpc) is 3.72. The zero-order valence-corrected chi connectivity index (χ0v) is 26.5. The number of hydrogen-bond donors (Lipinski definition) is 5. The maximum Gasteiger partial charge on any atom is 0.386 e. The van der Waals surface area contributed by atoms with Gasteiger partial charge in [-0.05, 0) is 0 Å². The van der Waals surface area contributed by atoms with E-state index in [1.165, 1.54) is 10.9 Å². The minimum Gasteiger partial charge on any atom is -0.382 e.